The first kappa shape index (κ1) is 17.5. The zero-order chi connectivity index (χ0) is 18.6. The second-order valence-electron chi connectivity index (χ2n) is 7.09. The van der Waals surface area contributed by atoms with Crippen molar-refractivity contribution < 1.29 is 4.79 Å². The Balaban J connectivity index is 1.37. The number of amides is 1. The summed E-state index contributed by atoms with van der Waals surface area (Å²) in [7, 11) is 0. The van der Waals surface area contributed by atoms with Crippen LogP contribution in [0.25, 0.3) is 10.9 Å². The standard InChI is InChI=1S/C21H24N4O2/c26-20(22-11-13-24-12-10-16-6-4-5-9-19(16)24)15-25-21(27)14-17-7-2-1-3-8-18(17)23-25/h4-6,9-10,12,14H,1-3,7-8,11,13,15H2,(H,22,26). The van der Waals surface area contributed by atoms with Gasteiger partial charge in [-0.2, -0.15) is 5.10 Å². The Morgan fingerprint density at radius 2 is 1.96 bits per heavy atom. The molecule has 2 heterocycles. The number of rotatable bonds is 5. The van der Waals surface area contributed by atoms with Gasteiger partial charge in [0.15, 0.2) is 0 Å². The summed E-state index contributed by atoms with van der Waals surface area (Å²) in [6.07, 6.45) is 7.18. The zero-order valence-corrected chi connectivity index (χ0v) is 15.4. The summed E-state index contributed by atoms with van der Waals surface area (Å²) in [6.45, 7) is 1.17. The number of aryl methyl sites for hydroxylation is 2. The highest BCUT2D eigenvalue weighted by atomic mass is 16.2. The van der Waals surface area contributed by atoms with E-state index in [1.807, 2.05) is 18.3 Å². The van der Waals surface area contributed by atoms with E-state index in [1.54, 1.807) is 6.07 Å². The molecule has 0 spiro atoms. The lowest BCUT2D eigenvalue weighted by atomic mass is 10.1. The van der Waals surface area contributed by atoms with Gasteiger partial charge in [-0.15, -0.1) is 0 Å². The van der Waals surface area contributed by atoms with Crippen LogP contribution in [0.5, 0.6) is 0 Å². The largest absolute Gasteiger partial charge is 0.353 e. The van der Waals surface area contributed by atoms with Gasteiger partial charge in [0.2, 0.25) is 5.91 Å². The highest BCUT2D eigenvalue weighted by Gasteiger charge is 2.13. The van der Waals surface area contributed by atoms with Crippen LogP contribution < -0.4 is 10.9 Å². The lowest BCUT2D eigenvalue weighted by Crippen LogP contribution is -2.35. The molecule has 1 aliphatic carbocycles. The van der Waals surface area contributed by atoms with E-state index in [0.717, 1.165) is 42.5 Å². The van der Waals surface area contributed by atoms with Crippen molar-refractivity contribution in [1.82, 2.24) is 19.7 Å². The summed E-state index contributed by atoms with van der Waals surface area (Å²) in [6, 6.07) is 11.9. The third-order valence-electron chi connectivity index (χ3n) is 5.17. The Hall–Kier alpha value is -2.89. The molecule has 1 aliphatic rings. The van der Waals surface area contributed by atoms with Crippen molar-refractivity contribution >= 4 is 16.8 Å². The second-order valence-corrected chi connectivity index (χ2v) is 7.09. The Labute approximate surface area is 157 Å². The van der Waals surface area contributed by atoms with E-state index in [-0.39, 0.29) is 18.0 Å². The highest BCUT2D eigenvalue weighted by molar-refractivity contribution is 5.80. The molecule has 3 aromatic rings. The molecule has 1 amide bonds. The Morgan fingerprint density at radius 3 is 2.89 bits per heavy atom. The Bertz CT molecular complexity index is 1020. The molecular weight excluding hydrogens is 340 g/mol. The lowest BCUT2D eigenvalue weighted by Gasteiger charge is -2.11. The van der Waals surface area contributed by atoms with Crippen LogP contribution >= 0.6 is 0 Å². The van der Waals surface area contributed by atoms with E-state index in [0.29, 0.717) is 13.1 Å². The summed E-state index contributed by atoms with van der Waals surface area (Å²) in [5, 5.41) is 8.53. The number of benzene rings is 1. The van der Waals surface area contributed by atoms with Crippen LogP contribution in [0.2, 0.25) is 0 Å². The maximum absolute atomic E-state index is 12.3. The number of nitrogens with one attached hydrogen (secondary N) is 1. The van der Waals surface area contributed by atoms with Gasteiger partial charge in [0.25, 0.3) is 5.56 Å². The summed E-state index contributed by atoms with van der Waals surface area (Å²) in [4.78, 5) is 24.5. The molecule has 2 aromatic heterocycles. The van der Waals surface area contributed by atoms with Gasteiger partial charge < -0.3 is 9.88 Å². The number of para-hydroxylation sites is 1. The molecule has 1 N–H and O–H groups in total. The van der Waals surface area contributed by atoms with Crippen LogP contribution in [0.3, 0.4) is 0 Å². The second kappa shape index (κ2) is 7.78. The highest BCUT2D eigenvalue weighted by Crippen LogP contribution is 2.17. The SMILES string of the molecule is O=C(Cn1nc2c(cc1=O)CCCCC2)NCCn1ccc2ccccc21. The molecule has 6 heteroatoms. The summed E-state index contributed by atoms with van der Waals surface area (Å²) >= 11 is 0. The van der Waals surface area contributed by atoms with Gasteiger partial charge in [0, 0.05) is 30.9 Å². The van der Waals surface area contributed by atoms with E-state index in [4.69, 9.17) is 0 Å². The number of hydrogen-bond acceptors (Lipinski definition) is 3. The van der Waals surface area contributed by atoms with Crippen molar-refractivity contribution in [3.05, 3.63) is 64.2 Å². The van der Waals surface area contributed by atoms with E-state index >= 15 is 0 Å². The van der Waals surface area contributed by atoms with Gasteiger partial charge in [-0.3, -0.25) is 9.59 Å². The number of hydrogen-bond donors (Lipinski definition) is 1. The minimum Gasteiger partial charge on any atom is -0.353 e. The van der Waals surface area contributed by atoms with E-state index in [1.165, 1.54) is 16.5 Å². The number of carbonyl (C=O) groups is 1. The molecule has 6 nitrogen and oxygen atoms in total. The van der Waals surface area contributed by atoms with Gasteiger partial charge >= 0.3 is 0 Å². The van der Waals surface area contributed by atoms with Gasteiger partial charge in [0.1, 0.15) is 6.54 Å². The summed E-state index contributed by atoms with van der Waals surface area (Å²) in [5.41, 5.74) is 2.98. The van der Waals surface area contributed by atoms with Crippen LogP contribution in [-0.4, -0.2) is 26.8 Å². The van der Waals surface area contributed by atoms with Gasteiger partial charge in [0.05, 0.1) is 5.69 Å². The van der Waals surface area contributed by atoms with Crippen molar-refractivity contribution in [2.45, 2.75) is 45.2 Å². The third kappa shape index (κ3) is 3.94. The molecule has 27 heavy (non-hydrogen) atoms. The Kier molecular flexibility index (Phi) is 5.05. The van der Waals surface area contributed by atoms with Crippen molar-refractivity contribution in [3.63, 3.8) is 0 Å². The topological polar surface area (TPSA) is 68.9 Å². The first-order chi connectivity index (χ1) is 13.2. The maximum Gasteiger partial charge on any atom is 0.267 e. The fourth-order valence-corrected chi connectivity index (χ4v) is 3.73. The molecule has 0 fully saturated rings. The van der Waals surface area contributed by atoms with Crippen molar-refractivity contribution in [2.24, 2.45) is 0 Å². The summed E-state index contributed by atoms with van der Waals surface area (Å²) < 4.78 is 3.41. The van der Waals surface area contributed by atoms with E-state index in [9.17, 15) is 9.59 Å². The van der Waals surface area contributed by atoms with Crippen molar-refractivity contribution in [1.29, 1.82) is 0 Å². The van der Waals surface area contributed by atoms with E-state index < -0.39 is 0 Å². The average molecular weight is 364 g/mol. The first-order valence-corrected chi connectivity index (χ1v) is 9.61. The van der Waals surface area contributed by atoms with Crippen LogP contribution in [0, 0.1) is 0 Å². The molecule has 0 radical (unpaired) electrons. The van der Waals surface area contributed by atoms with Crippen molar-refractivity contribution in [2.75, 3.05) is 6.54 Å². The molecule has 1 aromatic carbocycles. The van der Waals surface area contributed by atoms with E-state index in [2.05, 4.69) is 33.2 Å². The molecule has 0 unspecified atom stereocenters. The molecule has 0 saturated carbocycles. The fraction of sp³-hybridized carbons (Fsp3) is 0.381. The Morgan fingerprint density at radius 1 is 1.11 bits per heavy atom. The number of nitrogens with zero attached hydrogens (tertiary/aromatic N) is 3. The number of carbonyl (C=O) groups excluding carboxylic acids is 1. The maximum atomic E-state index is 12.3. The van der Waals surface area contributed by atoms with Gasteiger partial charge in [-0.05, 0) is 48.8 Å². The molecule has 0 aliphatic heterocycles. The third-order valence-corrected chi connectivity index (χ3v) is 5.17. The lowest BCUT2D eigenvalue weighted by molar-refractivity contribution is -0.121. The minimum absolute atomic E-state index is 0.0292. The fourth-order valence-electron chi connectivity index (χ4n) is 3.73. The number of fused-ring (bicyclic) bond motifs is 2. The predicted octanol–water partition coefficient (Wildman–Crippen LogP) is 2.28. The molecule has 140 valence electrons. The quantitative estimate of drug-likeness (QED) is 0.706. The normalized spacial score (nSPS) is 13.9. The number of aromatic nitrogens is 3. The molecular formula is C21H24N4O2. The van der Waals surface area contributed by atoms with Crippen LogP contribution in [0.15, 0.2) is 47.4 Å². The molecule has 0 saturated heterocycles. The van der Waals surface area contributed by atoms with Crippen LogP contribution in [0.1, 0.15) is 30.5 Å². The van der Waals surface area contributed by atoms with Crippen LogP contribution in [-0.2, 0) is 30.7 Å². The van der Waals surface area contributed by atoms with Gasteiger partial charge in [-0.25, -0.2) is 4.68 Å². The van der Waals surface area contributed by atoms with Crippen LogP contribution in [0.4, 0.5) is 0 Å². The summed E-state index contributed by atoms with van der Waals surface area (Å²) in [5.74, 6) is -0.186. The zero-order valence-electron chi connectivity index (χ0n) is 15.4. The van der Waals surface area contributed by atoms with Gasteiger partial charge in [-0.1, -0.05) is 24.6 Å². The monoisotopic (exact) mass is 364 g/mol. The predicted molar refractivity (Wildman–Crippen MR) is 105 cm³/mol. The minimum atomic E-state index is -0.192. The average Bonchev–Trinajstić information content (AvgIpc) is 2.94. The first-order valence-electron chi connectivity index (χ1n) is 9.61. The molecule has 0 atom stereocenters. The smallest absolute Gasteiger partial charge is 0.267 e. The molecule has 4 rings (SSSR count). The molecule has 0 bridgehead atoms. The van der Waals surface area contributed by atoms with Crippen molar-refractivity contribution in [3.8, 4) is 0 Å².